The molecular weight excluding hydrogens is 370 g/mol. The lowest BCUT2D eigenvalue weighted by Crippen LogP contribution is -2.44. The summed E-state index contributed by atoms with van der Waals surface area (Å²) in [5.41, 5.74) is 1.78. The first-order valence-electron chi connectivity index (χ1n) is 8.42. The van der Waals surface area contributed by atoms with Crippen LogP contribution in [0.25, 0.3) is 0 Å². The van der Waals surface area contributed by atoms with Gasteiger partial charge in [-0.1, -0.05) is 6.07 Å². The van der Waals surface area contributed by atoms with E-state index in [-0.39, 0.29) is 16.8 Å². The van der Waals surface area contributed by atoms with E-state index in [1.807, 2.05) is 6.92 Å². The van der Waals surface area contributed by atoms with E-state index in [4.69, 9.17) is 0 Å². The van der Waals surface area contributed by atoms with Crippen LogP contribution in [0.3, 0.4) is 0 Å². The number of anilines is 1. The summed E-state index contributed by atoms with van der Waals surface area (Å²) in [5.74, 6) is -0.136. The molecule has 1 aromatic carbocycles. The minimum atomic E-state index is -3.53. The predicted octanol–water partition coefficient (Wildman–Crippen LogP) is 2.38. The molecule has 1 aromatic heterocycles. The second-order valence-corrected chi connectivity index (χ2v) is 9.72. The Labute approximate surface area is 158 Å². The van der Waals surface area contributed by atoms with Crippen LogP contribution in [0.2, 0.25) is 0 Å². The number of sulfonamides is 1. The van der Waals surface area contributed by atoms with Crippen LogP contribution >= 0.6 is 11.3 Å². The molecule has 8 heteroatoms. The Morgan fingerprint density at radius 1 is 1.31 bits per heavy atom. The van der Waals surface area contributed by atoms with Gasteiger partial charge in [-0.25, -0.2) is 12.7 Å². The summed E-state index contributed by atoms with van der Waals surface area (Å²) < 4.78 is 25.7. The summed E-state index contributed by atoms with van der Waals surface area (Å²) in [6, 6.07) is 8.18. The maximum absolute atomic E-state index is 12.6. The molecule has 0 saturated carbocycles. The first kappa shape index (κ1) is 19.0. The van der Waals surface area contributed by atoms with Gasteiger partial charge >= 0.3 is 0 Å². The van der Waals surface area contributed by atoms with Crippen LogP contribution in [-0.4, -0.2) is 50.2 Å². The monoisotopic (exact) mass is 393 g/mol. The highest BCUT2D eigenvalue weighted by Gasteiger charge is 2.26. The average molecular weight is 394 g/mol. The number of hydrogen-bond acceptors (Lipinski definition) is 5. The van der Waals surface area contributed by atoms with Crippen LogP contribution in [0.4, 0.5) is 5.69 Å². The fourth-order valence-electron chi connectivity index (χ4n) is 2.96. The van der Waals surface area contributed by atoms with Gasteiger partial charge in [0.15, 0.2) is 0 Å². The molecule has 1 N–H and O–H groups in total. The number of benzene rings is 1. The number of carbonyl (C=O) groups is 1. The molecule has 0 bridgehead atoms. The van der Waals surface area contributed by atoms with Crippen LogP contribution in [0.1, 0.15) is 17.4 Å². The molecule has 1 aliphatic heterocycles. The molecule has 140 valence electrons. The number of thiophene rings is 1. The average Bonchev–Trinajstić information content (AvgIpc) is 3.08. The lowest BCUT2D eigenvalue weighted by molar-refractivity contribution is -0.121. The van der Waals surface area contributed by atoms with Crippen LogP contribution in [0.15, 0.2) is 40.6 Å². The summed E-state index contributed by atoms with van der Waals surface area (Å²) in [6.45, 7) is 3.49. The zero-order valence-corrected chi connectivity index (χ0v) is 16.7. The Hall–Kier alpha value is -1.74. The fourth-order valence-corrected chi connectivity index (χ4v) is 4.80. The van der Waals surface area contributed by atoms with Gasteiger partial charge in [0.1, 0.15) is 0 Å². The number of nitrogens with one attached hydrogen (secondary N) is 1. The van der Waals surface area contributed by atoms with Crippen LogP contribution < -0.4 is 5.32 Å². The summed E-state index contributed by atoms with van der Waals surface area (Å²) in [5, 5.41) is 4.94. The SMILES string of the molecule is CC(C(=O)Nc1cccc(S(=O)(=O)N(C)C)c1)N1CCc2sccc2C1. The van der Waals surface area contributed by atoms with Crippen molar-refractivity contribution in [2.45, 2.75) is 30.8 Å². The zero-order chi connectivity index (χ0) is 18.9. The van der Waals surface area contributed by atoms with E-state index in [1.54, 1.807) is 23.5 Å². The van der Waals surface area contributed by atoms with Crippen LogP contribution in [0, 0.1) is 0 Å². The molecule has 0 spiro atoms. The third-order valence-electron chi connectivity index (χ3n) is 4.64. The third-order valence-corrected chi connectivity index (χ3v) is 7.48. The first-order chi connectivity index (χ1) is 12.3. The highest BCUT2D eigenvalue weighted by molar-refractivity contribution is 7.89. The van der Waals surface area contributed by atoms with Gasteiger partial charge in [0, 0.05) is 37.7 Å². The quantitative estimate of drug-likeness (QED) is 0.847. The molecule has 1 atom stereocenters. The molecule has 0 fully saturated rings. The van der Waals surface area contributed by atoms with Crippen LogP contribution in [-0.2, 0) is 27.8 Å². The smallest absolute Gasteiger partial charge is 0.242 e. The van der Waals surface area contributed by atoms with Crippen molar-refractivity contribution in [2.75, 3.05) is 26.0 Å². The number of nitrogens with zero attached hydrogens (tertiary/aromatic N) is 2. The molecule has 6 nitrogen and oxygen atoms in total. The molecule has 1 unspecified atom stereocenters. The zero-order valence-electron chi connectivity index (χ0n) is 15.1. The van der Waals surface area contributed by atoms with Crippen molar-refractivity contribution in [3.05, 3.63) is 46.2 Å². The molecule has 26 heavy (non-hydrogen) atoms. The molecule has 2 heterocycles. The predicted molar refractivity (Wildman–Crippen MR) is 104 cm³/mol. The van der Waals surface area contributed by atoms with Crippen molar-refractivity contribution in [3.8, 4) is 0 Å². The Bertz CT molecular complexity index is 906. The molecule has 2 aromatic rings. The summed E-state index contributed by atoms with van der Waals surface area (Å²) in [4.78, 5) is 16.3. The van der Waals surface area contributed by atoms with E-state index in [2.05, 4.69) is 21.7 Å². The second-order valence-electron chi connectivity index (χ2n) is 6.57. The fraction of sp³-hybridized carbons (Fsp3) is 0.389. The number of fused-ring (bicyclic) bond motifs is 1. The largest absolute Gasteiger partial charge is 0.325 e. The van der Waals surface area contributed by atoms with Gasteiger partial charge in [-0.3, -0.25) is 9.69 Å². The topological polar surface area (TPSA) is 69.7 Å². The van der Waals surface area contributed by atoms with Crippen molar-refractivity contribution in [1.82, 2.24) is 9.21 Å². The maximum Gasteiger partial charge on any atom is 0.242 e. The van der Waals surface area contributed by atoms with E-state index in [0.717, 1.165) is 23.8 Å². The van der Waals surface area contributed by atoms with Gasteiger partial charge in [-0.2, -0.15) is 0 Å². The molecule has 0 saturated heterocycles. The Kier molecular flexibility index (Phi) is 5.47. The standard InChI is InChI=1S/C18H23N3O3S2/c1-13(21-9-7-17-14(12-21)8-10-25-17)18(22)19-15-5-4-6-16(11-15)26(23,24)20(2)3/h4-6,8,10-11,13H,7,9,12H2,1-3H3,(H,19,22). The number of hydrogen-bond donors (Lipinski definition) is 1. The molecule has 1 aliphatic rings. The third kappa shape index (κ3) is 3.83. The minimum absolute atomic E-state index is 0.136. The molecular formula is C18H23N3O3S2. The minimum Gasteiger partial charge on any atom is -0.325 e. The van der Waals surface area contributed by atoms with E-state index in [9.17, 15) is 13.2 Å². The van der Waals surface area contributed by atoms with Gasteiger partial charge in [0.2, 0.25) is 15.9 Å². The lowest BCUT2D eigenvalue weighted by Gasteiger charge is -2.31. The van der Waals surface area contributed by atoms with E-state index in [0.29, 0.717) is 5.69 Å². The molecule has 3 rings (SSSR count). The van der Waals surface area contributed by atoms with Crippen molar-refractivity contribution in [3.63, 3.8) is 0 Å². The van der Waals surface area contributed by atoms with Crippen molar-refractivity contribution in [1.29, 1.82) is 0 Å². The lowest BCUT2D eigenvalue weighted by atomic mass is 10.1. The van der Waals surface area contributed by atoms with Crippen LogP contribution in [0.5, 0.6) is 0 Å². The summed E-state index contributed by atoms with van der Waals surface area (Å²) >= 11 is 1.77. The van der Waals surface area contributed by atoms with Gasteiger partial charge in [0.05, 0.1) is 10.9 Å². The maximum atomic E-state index is 12.6. The highest BCUT2D eigenvalue weighted by Crippen LogP contribution is 2.25. The van der Waals surface area contributed by atoms with E-state index in [1.165, 1.54) is 36.7 Å². The summed E-state index contributed by atoms with van der Waals surface area (Å²) in [6.07, 6.45) is 0.960. The normalized spacial score (nSPS) is 16.3. The number of amides is 1. The van der Waals surface area contributed by atoms with Crippen molar-refractivity contribution >= 4 is 33.0 Å². The molecule has 0 radical (unpaired) electrons. The van der Waals surface area contributed by atoms with Gasteiger partial charge < -0.3 is 5.32 Å². The van der Waals surface area contributed by atoms with Crippen molar-refractivity contribution in [2.24, 2.45) is 0 Å². The Balaban J connectivity index is 1.70. The first-order valence-corrected chi connectivity index (χ1v) is 10.7. The van der Waals surface area contributed by atoms with Crippen molar-refractivity contribution < 1.29 is 13.2 Å². The molecule has 0 aliphatic carbocycles. The highest BCUT2D eigenvalue weighted by atomic mass is 32.2. The van der Waals surface area contributed by atoms with Gasteiger partial charge in [-0.15, -0.1) is 11.3 Å². The van der Waals surface area contributed by atoms with E-state index < -0.39 is 10.0 Å². The number of rotatable bonds is 5. The summed E-state index contributed by atoms with van der Waals surface area (Å²) in [7, 11) is -0.562. The Morgan fingerprint density at radius 3 is 2.81 bits per heavy atom. The molecule has 1 amide bonds. The van der Waals surface area contributed by atoms with Gasteiger partial charge in [-0.05, 0) is 48.6 Å². The van der Waals surface area contributed by atoms with E-state index >= 15 is 0 Å². The second kappa shape index (κ2) is 7.48. The number of carbonyl (C=O) groups excluding carboxylic acids is 1. The Morgan fingerprint density at radius 2 is 2.08 bits per heavy atom. The van der Waals surface area contributed by atoms with Gasteiger partial charge in [0.25, 0.3) is 0 Å².